The maximum absolute atomic E-state index is 5.59. The average molecular weight is 142 g/mol. The first-order chi connectivity index (χ1) is 4.83. The van der Waals surface area contributed by atoms with E-state index in [1.165, 1.54) is 25.7 Å². The molecule has 10 heavy (non-hydrogen) atoms. The van der Waals surface area contributed by atoms with Crippen LogP contribution >= 0.6 is 0 Å². The van der Waals surface area contributed by atoms with Crippen LogP contribution in [0.5, 0.6) is 0 Å². The first-order valence-corrected chi connectivity index (χ1v) is 4.44. The third-order valence-corrected chi connectivity index (χ3v) is 2.24. The minimum Gasteiger partial charge on any atom is -0.378 e. The highest BCUT2D eigenvalue weighted by Gasteiger charge is 2.17. The largest absolute Gasteiger partial charge is 0.378 e. The highest BCUT2D eigenvalue weighted by Crippen LogP contribution is 2.21. The van der Waals surface area contributed by atoms with Crippen molar-refractivity contribution in [2.45, 2.75) is 45.6 Å². The van der Waals surface area contributed by atoms with E-state index in [1.54, 1.807) is 0 Å². The Morgan fingerprint density at radius 1 is 1.50 bits per heavy atom. The van der Waals surface area contributed by atoms with Gasteiger partial charge in [-0.05, 0) is 25.2 Å². The third-order valence-electron chi connectivity index (χ3n) is 2.24. The highest BCUT2D eigenvalue weighted by atomic mass is 16.5. The molecule has 2 atom stereocenters. The molecule has 1 aliphatic heterocycles. The molecule has 1 nitrogen and oxygen atoms in total. The normalized spacial score (nSPS) is 34.2. The lowest BCUT2D eigenvalue weighted by atomic mass is 9.95. The Morgan fingerprint density at radius 2 is 2.30 bits per heavy atom. The van der Waals surface area contributed by atoms with Gasteiger partial charge in [0.2, 0.25) is 0 Å². The van der Waals surface area contributed by atoms with Crippen LogP contribution in [-0.2, 0) is 4.74 Å². The second-order valence-corrected chi connectivity index (χ2v) is 3.41. The van der Waals surface area contributed by atoms with E-state index in [-0.39, 0.29) is 0 Å². The summed E-state index contributed by atoms with van der Waals surface area (Å²) < 4.78 is 5.59. The molecular weight excluding hydrogens is 124 g/mol. The Kier molecular flexibility index (Phi) is 3.20. The molecule has 0 radical (unpaired) electrons. The lowest BCUT2D eigenvalue weighted by molar-refractivity contribution is -0.00950. The van der Waals surface area contributed by atoms with Crippen LogP contribution in [0.1, 0.15) is 39.5 Å². The van der Waals surface area contributed by atoms with E-state index in [1.807, 2.05) is 0 Å². The number of ether oxygens (including phenoxy) is 1. The van der Waals surface area contributed by atoms with Gasteiger partial charge in [-0.15, -0.1) is 0 Å². The van der Waals surface area contributed by atoms with Gasteiger partial charge in [0.05, 0.1) is 6.10 Å². The lowest BCUT2D eigenvalue weighted by Crippen LogP contribution is -2.23. The fraction of sp³-hybridized carbons (Fsp3) is 1.00. The predicted molar refractivity (Wildman–Crippen MR) is 43.0 cm³/mol. The number of hydrogen-bond acceptors (Lipinski definition) is 1. The van der Waals surface area contributed by atoms with Gasteiger partial charge in [0.25, 0.3) is 0 Å². The zero-order chi connectivity index (χ0) is 7.40. The van der Waals surface area contributed by atoms with Crippen LogP contribution in [0.2, 0.25) is 0 Å². The molecule has 1 heteroatoms. The Balaban J connectivity index is 2.18. The highest BCUT2D eigenvalue weighted by molar-refractivity contribution is 4.67. The van der Waals surface area contributed by atoms with Crippen molar-refractivity contribution in [2.75, 3.05) is 6.61 Å². The van der Waals surface area contributed by atoms with Crippen LogP contribution in [-0.4, -0.2) is 12.7 Å². The first-order valence-electron chi connectivity index (χ1n) is 4.44. The summed E-state index contributed by atoms with van der Waals surface area (Å²) in [5.74, 6) is 0.894. The van der Waals surface area contributed by atoms with Crippen molar-refractivity contribution in [3.05, 3.63) is 0 Å². The zero-order valence-electron chi connectivity index (χ0n) is 7.10. The van der Waals surface area contributed by atoms with Crippen molar-refractivity contribution in [2.24, 2.45) is 5.92 Å². The summed E-state index contributed by atoms with van der Waals surface area (Å²) in [6, 6.07) is 0. The van der Waals surface area contributed by atoms with Gasteiger partial charge in [-0.3, -0.25) is 0 Å². The van der Waals surface area contributed by atoms with Gasteiger partial charge in [0.15, 0.2) is 0 Å². The molecule has 0 aromatic heterocycles. The van der Waals surface area contributed by atoms with E-state index in [2.05, 4.69) is 13.8 Å². The molecule has 1 aliphatic rings. The van der Waals surface area contributed by atoms with Gasteiger partial charge in [-0.1, -0.05) is 20.3 Å². The van der Waals surface area contributed by atoms with Crippen LogP contribution in [0.4, 0.5) is 0 Å². The Hall–Kier alpha value is -0.0400. The maximum atomic E-state index is 5.59. The Morgan fingerprint density at radius 3 is 2.90 bits per heavy atom. The summed E-state index contributed by atoms with van der Waals surface area (Å²) in [6.07, 6.45) is 5.64. The van der Waals surface area contributed by atoms with Gasteiger partial charge < -0.3 is 4.74 Å². The van der Waals surface area contributed by atoms with Crippen molar-refractivity contribution >= 4 is 0 Å². The number of rotatable bonds is 2. The molecule has 1 fully saturated rings. The third kappa shape index (κ3) is 2.30. The molecule has 0 aromatic rings. The summed E-state index contributed by atoms with van der Waals surface area (Å²) in [6.45, 7) is 5.54. The summed E-state index contributed by atoms with van der Waals surface area (Å²) in [7, 11) is 0. The van der Waals surface area contributed by atoms with Crippen molar-refractivity contribution in [3.8, 4) is 0 Å². The Labute approximate surface area is 63.8 Å². The molecule has 0 aromatic carbocycles. The van der Waals surface area contributed by atoms with Gasteiger partial charge in [-0.2, -0.15) is 0 Å². The van der Waals surface area contributed by atoms with E-state index >= 15 is 0 Å². The predicted octanol–water partition coefficient (Wildman–Crippen LogP) is 2.60. The fourth-order valence-electron chi connectivity index (χ4n) is 1.59. The van der Waals surface area contributed by atoms with E-state index in [0.717, 1.165) is 12.5 Å². The van der Waals surface area contributed by atoms with E-state index in [0.29, 0.717) is 6.10 Å². The van der Waals surface area contributed by atoms with Crippen LogP contribution in [0.3, 0.4) is 0 Å². The molecule has 1 unspecified atom stereocenters. The maximum Gasteiger partial charge on any atom is 0.0577 e. The van der Waals surface area contributed by atoms with Gasteiger partial charge in [0.1, 0.15) is 0 Å². The Bertz CT molecular complexity index is 88.7. The van der Waals surface area contributed by atoms with E-state index < -0.39 is 0 Å². The summed E-state index contributed by atoms with van der Waals surface area (Å²) in [5.41, 5.74) is 0. The van der Waals surface area contributed by atoms with Gasteiger partial charge in [0, 0.05) is 6.61 Å². The van der Waals surface area contributed by atoms with Gasteiger partial charge in [-0.25, -0.2) is 0 Å². The number of hydrogen-bond donors (Lipinski definition) is 0. The van der Waals surface area contributed by atoms with Crippen molar-refractivity contribution < 1.29 is 4.74 Å². The van der Waals surface area contributed by atoms with Crippen molar-refractivity contribution in [1.82, 2.24) is 0 Å². The van der Waals surface area contributed by atoms with E-state index in [4.69, 9.17) is 4.74 Å². The molecule has 0 bridgehead atoms. The first kappa shape index (κ1) is 8.06. The van der Waals surface area contributed by atoms with Crippen molar-refractivity contribution in [3.63, 3.8) is 0 Å². The summed E-state index contributed by atoms with van der Waals surface area (Å²) >= 11 is 0. The van der Waals surface area contributed by atoms with E-state index in [9.17, 15) is 0 Å². The average Bonchev–Trinajstić information content (AvgIpc) is 1.88. The fourth-order valence-corrected chi connectivity index (χ4v) is 1.59. The summed E-state index contributed by atoms with van der Waals surface area (Å²) in [5, 5.41) is 0. The standard InChI is InChI=1S/C9H18O/c1-3-4-9-7-8(2)5-6-10-9/h8-9H,3-7H2,1-2H3/t8?,9-/m1/s1. The van der Waals surface area contributed by atoms with Crippen molar-refractivity contribution in [1.29, 1.82) is 0 Å². The second-order valence-electron chi connectivity index (χ2n) is 3.41. The molecular formula is C9H18O. The van der Waals surface area contributed by atoms with Crippen LogP contribution in [0.25, 0.3) is 0 Å². The second kappa shape index (κ2) is 3.97. The minimum atomic E-state index is 0.578. The molecule has 0 amide bonds. The molecule has 0 aliphatic carbocycles. The molecule has 0 saturated carbocycles. The molecule has 0 N–H and O–H groups in total. The van der Waals surface area contributed by atoms with Gasteiger partial charge >= 0.3 is 0 Å². The SMILES string of the molecule is CCC[C@@H]1CC(C)CCO1. The van der Waals surface area contributed by atoms with Crippen LogP contribution in [0.15, 0.2) is 0 Å². The minimum absolute atomic E-state index is 0.578. The summed E-state index contributed by atoms with van der Waals surface area (Å²) in [4.78, 5) is 0. The molecule has 60 valence electrons. The molecule has 1 heterocycles. The smallest absolute Gasteiger partial charge is 0.0577 e. The molecule has 0 spiro atoms. The van der Waals surface area contributed by atoms with Crippen LogP contribution in [0, 0.1) is 5.92 Å². The molecule has 1 rings (SSSR count). The molecule has 1 saturated heterocycles. The van der Waals surface area contributed by atoms with Crippen LogP contribution < -0.4 is 0 Å². The lowest BCUT2D eigenvalue weighted by Gasteiger charge is -2.26. The quantitative estimate of drug-likeness (QED) is 0.576. The zero-order valence-corrected chi connectivity index (χ0v) is 7.10. The topological polar surface area (TPSA) is 9.23 Å². The monoisotopic (exact) mass is 142 g/mol.